The average molecular weight is 288 g/mol. The molecule has 8 heteroatoms. The van der Waals surface area contributed by atoms with E-state index in [1.165, 1.54) is 16.4 Å². The standard InChI is InChI=1S/C11H16N2O5S/c1-2-12-11(14)9-3-4-10(18-9)19(15,16)13-5-7-17-8-6-13/h3-4H,2,5-8H2,1H3,(H,12,14). The Morgan fingerprint density at radius 2 is 2.05 bits per heavy atom. The highest BCUT2D eigenvalue weighted by atomic mass is 32.2. The first-order valence-electron chi connectivity index (χ1n) is 6.01. The normalized spacial score (nSPS) is 17.3. The first-order valence-corrected chi connectivity index (χ1v) is 7.45. The lowest BCUT2D eigenvalue weighted by Crippen LogP contribution is -2.40. The van der Waals surface area contributed by atoms with Crippen molar-refractivity contribution >= 4 is 15.9 Å². The quantitative estimate of drug-likeness (QED) is 0.845. The summed E-state index contributed by atoms with van der Waals surface area (Å²) in [4.78, 5) is 11.5. The van der Waals surface area contributed by atoms with Crippen LogP contribution in [0.15, 0.2) is 21.6 Å². The van der Waals surface area contributed by atoms with Gasteiger partial charge in [0.1, 0.15) is 0 Å². The molecule has 1 saturated heterocycles. The van der Waals surface area contributed by atoms with Crippen LogP contribution in [0.25, 0.3) is 0 Å². The van der Waals surface area contributed by atoms with Crippen LogP contribution in [-0.4, -0.2) is 51.5 Å². The predicted molar refractivity (Wildman–Crippen MR) is 66.3 cm³/mol. The van der Waals surface area contributed by atoms with E-state index in [0.29, 0.717) is 32.8 Å². The lowest BCUT2D eigenvalue weighted by molar-refractivity contribution is 0.0722. The molecule has 0 aromatic carbocycles. The monoisotopic (exact) mass is 288 g/mol. The fraction of sp³-hybridized carbons (Fsp3) is 0.545. The van der Waals surface area contributed by atoms with Gasteiger partial charge in [-0.3, -0.25) is 4.79 Å². The number of amides is 1. The smallest absolute Gasteiger partial charge is 0.287 e. The van der Waals surface area contributed by atoms with Gasteiger partial charge < -0.3 is 14.5 Å². The molecule has 1 aromatic heterocycles. The molecule has 1 amide bonds. The maximum absolute atomic E-state index is 12.2. The van der Waals surface area contributed by atoms with Gasteiger partial charge >= 0.3 is 0 Å². The van der Waals surface area contributed by atoms with Gasteiger partial charge in [-0.25, -0.2) is 8.42 Å². The van der Waals surface area contributed by atoms with E-state index >= 15 is 0 Å². The zero-order valence-corrected chi connectivity index (χ0v) is 11.4. The van der Waals surface area contributed by atoms with E-state index in [9.17, 15) is 13.2 Å². The minimum absolute atomic E-state index is 0.00585. The van der Waals surface area contributed by atoms with Crippen molar-refractivity contribution in [1.29, 1.82) is 0 Å². The number of ether oxygens (including phenoxy) is 1. The molecule has 2 heterocycles. The van der Waals surface area contributed by atoms with E-state index in [0.717, 1.165) is 0 Å². The third-order valence-corrected chi connectivity index (χ3v) is 4.48. The van der Waals surface area contributed by atoms with E-state index in [-0.39, 0.29) is 10.9 Å². The van der Waals surface area contributed by atoms with Gasteiger partial charge in [0, 0.05) is 19.6 Å². The summed E-state index contributed by atoms with van der Waals surface area (Å²) in [6.45, 7) is 3.53. The Morgan fingerprint density at radius 1 is 1.37 bits per heavy atom. The molecule has 1 fully saturated rings. The largest absolute Gasteiger partial charge is 0.438 e. The van der Waals surface area contributed by atoms with E-state index in [1.54, 1.807) is 6.92 Å². The van der Waals surface area contributed by atoms with Crippen molar-refractivity contribution in [1.82, 2.24) is 9.62 Å². The number of carbonyl (C=O) groups is 1. The molecule has 0 aliphatic carbocycles. The van der Waals surface area contributed by atoms with E-state index in [4.69, 9.17) is 9.15 Å². The molecule has 1 aliphatic rings. The van der Waals surface area contributed by atoms with Gasteiger partial charge in [-0.05, 0) is 19.1 Å². The Kier molecular flexibility index (Phi) is 4.23. The van der Waals surface area contributed by atoms with Crippen LogP contribution >= 0.6 is 0 Å². The minimum Gasteiger partial charge on any atom is -0.438 e. The van der Waals surface area contributed by atoms with Gasteiger partial charge in [0.15, 0.2) is 5.76 Å². The van der Waals surface area contributed by atoms with Crippen LogP contribution in [0.5, 0.6) is 0 Å². The fourth-order valence-corrected chi connectivity index (χ4v) is 3.06. The number of furan rings is 1. The van der Waals surface area contributed by atoms with Crippen molar-refractivity contribution in [3.63, 3.8) is 0 Å². The molecule has 1 aromatic rings. The van der Waals surface area contributed by atoms with Gasteiger partial charge in [0.25, 0.3) is 15.9 Å². The number of rotatable bonds is 4. The highest BCUT2D eigenvalue weighted by Gasteiger charge is 2.29. The number of nitrogens with one attached hydrogen (secondary N) is 1. The highest BCUT2D eigenvalue weighted by Crippen LogP contribution is 2.19. The van der Waals surface area contributed by atoms with Crippen LogP contribution < -0.4 is 5.32 Å². The summed E-state index contributed by atoms with van der Waals surface area (Å²) >= 11 is 0. The summed E-state index contributed by atoms with van der Waals surface area (Å²) in [7, 11) is -3.68. The molecule has 1 aliphatic heterocycles. The van der Waals surface area contributed by atoms with Gasteiger partial charge in [-0.2, -0.15) is 4.31 Å². The predicted octanol–water partition coefficient (Wildman–Crippen LogP) is 0.0502. The Labute approximate surface area is 111 Å². The molecule has 1 N–H and O–H groups in total. The molecule has 0 atom stereocenters. The van der Waals surface area contributed by atoms with Crippen LogP contribution in [0.3, 0.4) is 0 Å². The molecular weight excluding hydrogens is 272 g/mol. The average Bonchev–Trinajstić information content (AvgIpc) is 2.90. The lowest BCUT2D eigenvalue weighted by atomic mass is 10.4. The molecule has 0 bridgehead atoms. The Hall–Kier alpha value is -1.38. The van der Waals surface area contributed by atoms with Gasteiger partial charge in [0.05, 0.1) is 13.2 Å². The molecule has 0 unspecified atom stereocenters. The van der Waals surface area contributed by atoms with Crippen molar-refractivity contribution < 1.29 is 22.4 Å². The molecule has 7 nitrogen and oxygen atoms in total. The third kappa shape index (κ3) is 2.96. The lowest BCUT2D eigenvalue weighted by Gasteiger charge is -2.24. The molecule has 19 heavy (non-hydrogen) atoms. The molecule has 2 rings (SSSR count). The van der Waals surface area contributed by atoms with E-state index in [2.05, 4.69) is 5.32 Å². The Balaban J connectivity index is 2.19. The fourth-order valence-electron chi connectivity index (χ4n) is 1.74. The second-order valence-corrected chi connectivity index (χ2v) is 5.86. The van der Waals surface area contributed by atoms with Gasteiger partial charge in [-0.15, -0.1) is 0 Å². The van der Waals surface area contributed by atoms with Crippen molar-refractivity contribution in [3.05, 3.63) is 17.9 Å². The Morgan fingerprint density at radius 3 is 2.68 bits per heavy atom. The zero-order valence-electron chi connectivity index (χ0n) is 10.6. The first kappa shape index (κ1) is 14.0. The minimum atomic E-state index is -3.68. The molecular formula is C11H16N2O5S. The second-order valence-electron chi connectivity index (χ2n) is 3.99. The summed E-state index contributed by atoms with van der Waals surface area (Å²) in [5.74, 6) is -0.431. The van der Waals surface area contributed by atoms with Crippen LogP contribution in [0, 0.1) is 0 Å². The molecule has 0 radical (unpaired) electrons. The van der Waals surface area contributed by atoms with Crippen LogP contribution in [0.2, 0.25) is 0 Å². The number of sulfonamides is 1. The maximum atomic E-state index is 12.2. The number of hydrogen-bond donors (Lipinski definition) is 1. The van der Waals surface area contributed by atoms with Crippen molar-refractivity contribution in [3.8, 4) is 0 Å². The summed E-state index contributed by atoms with van der Waals surface area (Å²) in [5.41, 5.74) is 0. The number of morpholine rings is 1. The summed E-state index contributed by atoms with van der Waals surface area (Å²) in [6.07, 6.45) is 0. The van der Waals surface area contributed by atoms with E-state index in [1.807, 2.05) is 0 Å². The summed E-state index contributed by atoms with van der Waals surface area (Å²) < 4.78 is 36.0. The molecule has 0 saturated carbocycles. The molecule has 106 valence electrons. The number of nitrogens with zero attached hydrogens (tertiary/aromatic N) is 1. The van der Waals surface area contributed by atoms with Crippen LogP contribution in [0.1, 0.15) is 17.5 Å². The summed E-state index contributed by atoms with van der Waals surface area (Å²) in [6, 6.07) is 2.66. The highest BCUT2D eigenvalue weighted by molar-refractivity contribution is 7.89. The van der Waals surface area contributed by atoms with Crippen molar-refractivity contribution in [2.24, 2.45) is 0 Å². The zero-order chi connectivity index (χ0) is 13.9. The van der Waals surface area contributed by atoms with Crippen LogP contribution in [-0.2, 0) is 14.8 Å². The topological polar surface area (TPSA) is 88.9 Å². The number of carbonyl (C=O) groups excluding carboxylic acids is 1. The van der Waals surface area contributed by atoms with E-state index < -0.39 is 15.9 Å². The second kappa shape index (κ2) is 5.72. The molecule has 0 spiro atoms. The first-order chi connectivity index (χ1) is 9.05. The maximum Gasteiger partial charge on any atom is 0.287 e. The number of hydrogen-bond acceptors (Lipinski definition) is 5. The SMILES string of the molecule is CCNC(=O)c1ccc(S(=O)(=O)N2CCOCC2)o1. The van der Waals surface area contributed by atoms with Gasteiger partial charge in [0.2, 0.25) is 5.09 Å². The van der Waals surface area contributed by atoms with Crippen molar-refractivity contribution in [2.45, 2.75) is 12.0 Å². The van der Waals surface area contributed by atoms with Crippen molar-refractivity contribution in [2.75, 3.05) is 32.8 Å². The summed E-state index contributed by atoms with van der Waals surface area (Å²) in [5, 5.41) is 2.33. The third-order valence-electron chi connectivity index (χ3n) is 2.71. The van der Waals surface area contributed by atoms with Gasteiger partial charge in [-0.1, -0.05) is 0 Å². The Bertz CT molecular complexity index is 545. The van der Waals surface area contributed by atoms with Crippen LogP contribution in [0.4, 0.5) is 0 Å².